The number of alkyl halides is 3. The molecule has 0 unspecified atom stereocenters. The minimum absolute atomic E-state index is 0.0719. The average molecular weight is 478 g/mol. The number of aromatic nitrogens is 3. The number of anilines is 1. The van der Waals surface area contributed by atoms with Gasteiger partial charge in [-0.15, -0.1) is 10.2 Å². The van der Waals surface area contributed by atoms with E-state index >= 15 is 0 Å². The van der Waals surface area contributed by atoms with Gasteiger partial charge in [0.1, 0.15) is 11.0 Å². The second-order valence-corrected chi connectivity index (χ2v) is 8.58. The highest BCUT2D eigenvalue weighted by atomic mass is 32.2. The Morgan fingerprint density at radius 2 is 1.97 bits per heavy atom. The maximum absolute atomic E-state index is 13.2. The lowest BCUT2D eigenvalue weighted by Crippen LogP contribution is -2.41. The van der Waals surface area contributed by atoms with Gasteiger partial charge >= 0.3 is 6.18 Å². The zero-order chi connectivity index (χ0) is 23.6. The van der Waals surface area contributed by atoms with Gasteiger partial charge in [-0.2, -0.15) is 13.2 Å². The number of rotatable bonds is 6. The SMILES string of the molecule is CCCc1nnc2n1N[C@H](c1ccc(OC)cc1)[C@H](C(=O)Nc1cccc(C(F)(F)F)c1)S2. The molecule has 3 aromatic rings. The average Bonchev–Trinajstić information content (AvgIpc) is 3.20. The van der Waals surface area contributed by atoms with Crippen molar-refractivity contribution in [3.8, 4) is 5.75 Å². The summed E-state index contributed by atoms with van der Waals surface area (Å²) in [5.41, 5.74) is 3.38. The van der Waals surface area contributed by atoms with E-state index in [1.807, 2.05) is 19.1 Å². The van der Waals surface area contributed by atoms with Gasteiger partial charge in [0.15, 0.2) is 5.82 Å². The monoisotopic (exact) mass is 477 g/mol. The number of benzene rings is 2. The first-order valence-corrected chi connectivity index (χ1v) is 11.2. The number of nitrogens with one attached hydrogen (secondary N) is 2. The van der Waals surface area contributed by atoms with E-state index in [1.54, 1.807) is 23.9 Å². The molecule has 0 radical (unpaired) electrons. The molecule has 0 saturated heterocycles. The Hall–Kier alpha value is -3.21. The predicted octanol–water partition coefficient (Wildman–Crippen LogP) is 4.66. The zero-order valence-electron chi connectivity index (χ0n) is 17.9. The summed E-state index contributed by atoms with van der Waals surface area (Å²) >= 11 is 1.22. The molecule has 1 amide bonds. The van der Waals surface area contributed by atoms with Crippen molar-refractivity contribution >= 4 is 23.4 Å². The van der Waals surface area contributed by atoms with E-state index in [0.717, 1.165) is 29.9 Å². The van der Waals surface area contributed by atoms with Crippen LogP contribution in [0.15, 0.2) is 53.7 Å². The molecule has 0 aliphatic carbocycles. The van der Waals surface area contributed by atoms with Gasteiger partial charge in [0.2, 0.25) is 11.1 Å². The maximum atomic E-state index is 13.2. The van der Waals surface area contributed by atoms with Gasteiger partial charge in [0, 0.05) is 12.1 Å². The lowest BCUT2D eigenvalue weighted by molar-refractivity contribution is -0.137. The van der Waals surface area contributed by atoms with Crippen molar-refractivity contribution in [1.82, 2.24) is 14.9 Å². The molecule has 0 saturated carbocycles. The molecule has 7 nitrogen and oxygen atoms in total. The summed E-state index contributed by atoms with van der Waals surface area (Å²) in [4.78, 5) is 13.2. The van der Waals surface area contributed by atoms with Crippen molar-refractivity contribution < 1.29 is 22.7 Å². The van der Waals surface area contributed by atoms with Crippen LogP contribution in [0.4, 0.5) is 18.9 Å². The Bertz CT molecular complexity index is 1130. The summed E-state index contributed by atoms with van der Waals surface area (Å²) in [6.45, 7) is 2.03. The first-order chi connectivity index (χ1) is 15.8. The number of halogens is 3. The van der Waals surface area contributed by atoms with E-state index in [9.17, 15) is 18.0 Å². The van der Waals surface area contributed by atoms with Crippen molar-refractivity contribution in [1.29, 1.82) is 0 Å². The van der Waals surface area contributed by atoms with Crippen LogP contribution in [-0.2, 0) is 17.4 Å². The van der Waals surface area contributed by atoms with Gasteiger partial charge in [0.05, 0.1) is 18.7 Å². The summed E-state index contributed by atoms with van der Waals surface area (Å²) in [7, 11) is 1.56. The Morgan fingerprint density at radius 3 is 2.64 bits per heavy atom. The normalized spacial score (nSPS) is 17.7. The lowest BCUT2D eigenvalue weighted by atomic mass is 10.0. The standard InChI is InChI=1S/C22H22F3N5O2S/c1-3-5-17-27-28-21-30(17)29-18(13-8-10-16(32-2)11-9-13)19(33-21)20(31)26-15-7-4-6-14(12-15)22(23,24)25/h4,6-12,18-19,29H,3,5H2,1-2H3,(H,26,31)/t18-,19-/m1/s1. The first kappa shape index (κ1) is 23.0. The second kappa shape index (κ2) is 9.34. The van der Waals surface area contributed by atoms with E-state index in [2.05, 4.69) is 20.9 Å². The van der Waals surface area contributed by atoms with Gasteiger partial charge in [-0.3, -0.25) is 4.79 Å². The third-order valence-corrected chi connectivity index (χ3v) is 6.38. The Morgan fingerprint density at radius 1 is 1.21 bits per heavy atom. The van der Waals surface area contributed by atoms with Crippen molar-refractivity contribution in [2.75, 3.05) is 17.9 Å². The highest BCUT2D eigenvalue weighted by molar-refractivity contribution is 8.00. The molecule has 11 heteroatoms. The lowest BCUT2D eigenvalue weighted by Gasteiger charge is -2.33. The summed E-state index contributed by atoms with van der Waals surface area (Å²) in [5, 5.41) is 10.8. The number of methoxy groups -OCH3 is 1. The van der Waals surface area contributed by atoms with Crippen LogP contribution in [0.25, 0.3) is 0 Å². The molecule has 1 aromatic heterocycles. The molecule has 33 heavy (non-hydrogen) atoms. The number of hydrogen-bond donors (Lipinski definition) is 2. The Labute approximate surface area is 192 Å². The number of fused-ring (bicyclic) bond motifs is 1. The molecular formula is C22H22F3N5O2S. The van der Waals surface area contributed by atoms with Gasteiger partial charge in [-0.05, 0) is 42.3 Å². The molecule has 2 atom stereocenters. The molecule has 2 aromatic carbocycles. The summed E-state index contributed by atoms with van der Waals surface area (Å²) in [6.07, 6.45) is -2.92. The molecule has 4 rings (SSSR count). The van der Waals surface area contributed by atoms with Gasteiger partial charge in [-0.25, -0.2) is 4.68 Å². The molecular weight excluding hydrogens is 455 g/mol. The topological polar surface area (TPSA) is 81.1 Å². The quantitative estimate of drug-likeness (QED) is 0.538. The van der Waals surface area contributed by atoms with Crippen LogP contribution >= 0.6 is 11.8 Å². The van der Waals surface area contributed by atoms with Gasteiger partial charge in [-0.1, -0.05) is 36.9 Å². The van der Waals surface area contributed by atoms with E-state index in [0.29, 0.717) is 17.3 Å². The molecule has 1 aliphatic heterocycles. The van der Waals surface area contributed by atoms with Gasteiger partial charge < -0.3 is 15.5 Å². The van der Waals surface area contributed by atoms with Crippen LogP contribution < -0.4 is 15.5 Å². The van der Waals surface area contributed by atoms with Crippen molar-refractivity contribution in [3.63, 3.8) is 0 Å². The van der Waals surface area contributed by atoms with Crippen LogP contribution in [0.5, 0.6) is 5.75 Å². The largest absolute Gasteiger partial charge is 0.497 e. The fraction of sp³-hybridized carbons (Fsp3) is 0.318. The highest BCUT2D eigenvalue weighted by Crippen LogP contribution is 2.38. The van der Waals surface area contributed by atoms with Gasteiger partial charge in [0.25, 0.3) is 0 Å². The zero-order valence-corrected chi connectivity index (χ0v) is 18.7. The molecule has 0 fully saturated rings. The van der Waals surface area contributed by atoms with Crippen LogP contribution in [0, 0.1) is 0 Å². The fourth-order valence-corrected chi connectivity index (χ4v) is 4.63. The number of carbonyl (C=O) groups excluding carboxylic acids is 1. The number of hydrogen-bond acceptors (Lipinski definition) is 6. The third-order valence-electron chi connectivity index (χ3n) is 5.17. The van der Waals surface area contributed by atoms with E-state index < -0.39 is 28.9 Å². The first-order valence-electron chi connectivity index (χ1n) is 10.3. The minimum Gasteiger partial charge on any atom is -0.497 e. The summed E-state index contributed by atoms with van der Waals surface area (Å²) in [5.74, 6) is 0.970. The minimum atomic E-state index is -4.50. The molecule has 0 spiro atoms. The number of amides is 1. The van der Waals surface area contributed by atoms with Crippen LogP contribution in [0.3, 0.4) is 0 Å². The molecule has 2 N–H and O–H groups in total. The molecule has 1 aliphatic rings. The molecule has 0 bridgehead atoms. The number of ether oxygens (including phenoxy) is 1. The number of aryl methyl sites for hydroxylation is 1. The summed E-state index contributed by atoms with van der Waals surface area (Å²) in [6, 6.07) is 11.4. The fourth-order valence-electron chi connectivity index (χ4n) is 3.53. The van der Waals surface area contributed by atoms with Crippen LogP contribution in [-0.4, -0.2) is 33.1 Å². The number of thioether (sulfide) groups is 1. The second-order valence-electron chi connectivity index (χ2n) is 7.47. The molecule has 2 heterocycles. The van der Waals surface area contributed by atoms with E-state index in [-0.39, 0.29) is 5.69 Å². The van der Waals surface area contributed by atoms with Crippen molar-refractivity contribution in [2.24, 2.45) is 0 Å². The third kappa shape index (κ3) is 4.92. The van der Waals surface area contributed by atoms with Crippen LogP contribution in [0.1, 0.15) is 36.3 Å². The Balaban J connectivity index is 1.65. The highest BCUT2D eigenvalue weighted by Gasteiger charge is 2.38. The van der Waals surface area contributed by atoms with Crippen molar-refractivity contribution in [2.45, 2.75) is 42.4 Å². The van der Waals surface area contributed by atoms with Crippen molar-refractivity contribution in [3.05, 3.63) is 65.5 Å². The smallest absolute Gasteiger partial charge is 0.416 e. The Kier molecular flexibility index (Phi) is 6.50. The predicted molar refractivity (Wildman–Crippen MR) is 119 cm³/mol. The summed E-state index contributed by atoms with van der Waals surface area (Å²) < 4.78 is 46.2. The number of carbonyl (C=O) groups is 1. The van der Waals surface area contributed by atoms with Crippen LogP contribution in [0.2, 0.25) is 0 Å². The maximum Gasteiger partial charge on any atom is 0.416 e. The number of nitrogens with zero attached hydrogens (tertiary/aromatic N) is 3. The van der Waals surface area contributed by atoms with E-state index in [4.69, 9.17) is 4.74 Å². The molecule has 174 valence electrons. The van der Waals surface area contributed by atoms with E-state index in [1.165, 1.54) is 23.9 Å².